The second-order valence-corrected chi connectivity index (χ2v) is 2.82. The minimum Gasteiger partial charge on any atom is -0.329 e. The fourth-order valence-corrected chi connectivity index (χ4v) is 1.25. The summed E-state index contributed by atoms with van der Waals surface area (Å²) in [6, 6.07) is 6.48. The van der Waals surface area contributed by atoms with E-state index in [1.54, 1.807) is 18.2 Å². The second kappa shape index (κ2) is 3.41. The number of benzene rings is 1. The highest BCUT2D eigenvalue weighted by Gasteiger charge is 1.98. The van der Waals surface area contributed by atoms with Crippen LogP contribution in [0.4, 0.5) is 10.1 Å². The molecule has 0 bridgehead atoms. The summed E-state index contributed by atoms with van der Waals surface area (Å²) >= 11 is 0. The SMILES string of the molecule is O=CNc1ccc2cc(F)cnc2c1. The first kappa shape index (κ1) is 8.62. The van der Waals surface area contributed by atoms with Gasteiger partial charge >= 0.3 is 0 Å². The van der Waals surface area contributed by atoms with Crippen LogP contribution in [0.3, 0.4) is 0 Å². The molecular weight excluding hydrogens is 183 g/mol. The predicted molar refractivity (Wildman–Crippen MR) is 51.4 cm³/mol. The number of nitrogens with zero attached hydrogens (tertiary/aromatic N) is 1. The Morgan fingerprint density at radius 3 is 3.00 bits per heavy atom. The van der Waals surface area contributed by atoms with Gasteiger partial charge in [-0.2, -0.15) is 0 Å². The summed E-state index contributed by atoms with van der Waals surface area (Å²) in [5.41, 5.74) is 1.30. The highest BCUT2D eigenvalue weighted by atomic mass is 19.1. The Kier molecular flexibility index (Phi) is 2.10. The maximum atomic E-state index is 12.8. The Labute approximate surface area is 79.6 Å². The molecule has 1 aromatic carbocycles. The number of nitrogens with one attached hydrogen (secondary N) is 1. The topological polar surface area (TPSA) is 42.0 Å². The zero-order valence-electron chi connectivity index (χ0n) is 7.20. The minimum atomic E-state index is -0.367. The Morgan fingerprint density at radius 2 is 2.21 bits per heavy atom. The fourth-order valence-electron chi connectivity index (χ4n) is 1.25. The van der Waals surface area contributed by atoms with Crippen molar-refractivity contribution in [1.82, 2.24) is 4.98 Å². The number of hydrogen-bond donors (Lipinski definition) is 1. The highest BCUT2D eigenvalue weighted by molar-refractivity contribution is 5.84. The lowest BCUT2D eigenvalue weighted by molar-refractivity contribution is -0.105. The van der Waals surface area contributed by atoms with E-state index in [-0.39, 0.29) is 5.82 Å². The van der Waals surface area contributed by atoms with E-state index in [1.807, 2.05) is 0 Å². The van der Waals surface area contributed by atoms with Crippen LogP contribution in [0.1, 0.15) is 0 Å². The summed E-state index contributed by atoms with van der Waals surface area (Å²) in [6.45, 7) is 0. The third-order valence-corrected chi connectivity index (χ3v) is 1.88. The molecule has 0 aliphatic heterocycles. The molecule has 0 radical (unpaired) electrons. The number of hydrogen-bond acceptors (Lipinski definition) is 2. The van der Waals surface area contributed by atoms with Crippen LogP contribution in [0.5, 0.6) is 0 Å². The van der Waals surface area contributed by atoms with Gasteiger partial charge in [-0.25, -0.2) is 4.39 Å². The average Bonchev–Trinajstić information content (AvgIpc) is 2.19. The molecule has 0 saturated heterocycles. The molecule has 3 nitrogen and oxygen atoms in total. The molecule has 1 amide bonds. The Hall–Kier alpha value is -1.97. The summed E-state index contributed by atoms with van der Waals surface area (Å²) in [6.07, 6.45) is 1.73. The van der Waals surface area contributed by atoms with E-state index in [1.165, 1.54) is 6.07 Å². The molecule has 0 atom stereocenters. The van der Waals surface area contributed by atoms with Gasteiger partial charge in [-0.15, -0.1) is 0 Å². The van der Waals surface area contributed by atoms with Crippen LogP contribution < -0.4 is 5.32 Å². The van der Waals surface area contributed by atoms with Crippen LogP contribution >= 0.6 is 0 Å². The van der Waals surface area contributed by atoms with Crippen LogP contribution in [0.25, 0.3) is 10.9 Å². The number of halogens is 1. The van der Waals surface area contributed by atoms with Gasteiger partial charge in [-0.1, -0.05) is 6.07 Å². The van der Waals surface area contributed by atoms with Crippen molar-refractivity contribution in [1.29, 1.82) is 0 Å². The van der Waals surface area contributed by atoms with E-state index in [0.717, 1.165) is 6.20 Å². The number of fused-ring (bicyclic) bond motifs is 1. The van der Waals surface area contributed by atoms with Crippen molar-refractivity contribution in [2.24, 2.45) is 0 Å². The number of pyridine rings is 1. The molecule has 0 fully saturated rings. The van der Waals surface area contributed by atoms with E-state index in [4.69, 9.17) is 0 Å². The second-order valence-electron chi connectivity index (χ2n) is 2.82. The quantitative estimate of drug-likeness (QED) is 0.735. The third kappa shape index (κ3) is 1.54. The van der Waals surface area contributed by atoms with E-state index in [2.05, 4.69) is 10.3 Å². The largest absolute Gasteiger partial charge is 0.329 e. The first-order chi connectivity index (χ1) is 6.79. The van der Waals surface area contributed by atoms with Crippen molar-refractivity contribution >= 4 is 23.0 Å². The molecule has 1 heterocycles. The van der Waals surface area contributed by atoms with Gasteiger partial charge in [-0.3, -0.25) is 9.78 Å². The molecule has 70 valence electrons. The van der Waals surface area contributed by atoms with E-state index < -0.39 is 0 Å². The molecule has 4 heteroatoms. The summed E-state index contributed by atoms with van der Waals surface area (Å²) in [5.74, 6) is -0.367. The maximum Gasteiger partial charge on any atom is 0.211 e. The van der Waals surface area contributed by atoms with Gasteiger partial charge in [0.1, 0.15) is 5.82 Å². The normalized spacial score (nSPS) is 10.1. The summed E-state index contributed by atoms with van der Waals surface area (Å²) < 4.78 is 12.8. The van der Waals surface area contributed by atoms with Crippen molar-refractivity contribution < 1.29 is 9.18 Å². The molecule has 0 aliphatic rings. The van der Waals surface area contributed by atoms with Crippen molar-refractivity contribution in [3.05, 3.63) is 36.3 Å². The van der Waals surface area contributed by atoms with Crippen molar-refractivity contribution in [2.45, 2.75) is 0 Å². The van der Waals surface area contributed by atoms with Crippen molar-refractivity contribution in [3.8, 4) is 0 Å². The molecule has 1 aromatic heterocycles. The van der Waals surface area contributed by atoms with Gasteiger partial charge in [0.05, 0.1) is 11.7 Å². The van der Waals surface area contributed by atoms with Gasteiger partial charge in [0, 0.05) is 11.1 Å². The monoisotopic (exact) mass is 190 g/mol. The number of carbonyl (C=O) groups excluding carboxylic acids is 1. The minimum absolute atomic E-state index is 0.367. The van der Waals surface area contributed by atoms with Gasteiger partial charge in [-0.05, 0) is 18.2 Å². The fraction of sp³-hybridized carbons (Fsp3) is 0. The first-order valence-electron chi connectivity index (χ1n) is 4.05. The number of rotatable bonds is 2. The number of amides is 1. The summed E-state index contributed by atoms with van der Waals surface area (Å²) in [4.78, 5) is 14.1. The van der Waals surface area contributed by atoms with Gasteiger partial charge in [0.2, 0.25) is 6.41 Å². The smallest absolute Gasteiger partial charge is 0.211 e. The number of carbonyl (C=O) groups is 1. The van der Waals surface area contributed by atoms with E-state index >= 15 is 0 Å². The maximum absolute atomic E-state index is 12.8. The van der Waals surface area contributed by atoms with Crippen LogP contribution in [0.15, 0.2) is 30.5 Å². The molecule has 0 saturated carbocycles. The standard InChI is InChI=1S/C10H7FN2O/c11-8-3-7-1-2-9(13-6-14)4-10(7)12-5-8/h1-6H,(H,13,14). The van der Waals surface area contributed by atoms with Crippen LogP contribution in [0, 0.1) is 5.82 Å². The summed E-state index contributed by atoms with van der Waals surface area (Å²) in [5, 5.41) is 3.21. The Morgan fingerprint density at radius 1 is 1.36 bits per heavy atom. The van der Waals surface area contributed by atoms with Gasteiger partial charge in [0.15, 0.2) is 0 Å². The average molecular weight is 190 g/mol. The van der Waals surface area contributed by atoms with E-state index in [9.17, 15) is 9.18 Å². The molecule has 0 spiro atoms. The molecule has 1 N–H and O–H groups in total. The highest BCUT2D eigenvalue weighted by Crippen LogP contribution is 2.17. The number of anilines is 1. The van der Waals surface area contributed by atoms with Crippen LogP contribution in [-0.2, 0) is 4.79 Å². The lowest BCUT2D eigenvalue weighted by Gasteiger charge is -2.00. The molecule has 14 heavy (non-hydrogen) atoms. The third-order valence-electron chi connectivity index (χ3n) is 1.88. The van der Waals surface area contributed by atoms with Crippen LogP contribution in [0.2, 0.25) is 0 Å². The molecular formula is C10H7FN2O. The van der Waals surface area contributed by atoms with Crippen LogP contribution in [-0.4, -0.2) is 11.4 Å². The van der Waals surface area contributed by atoms with Gasteiger partial charge < -0.3 is 5.32 Å². The lowest BCUT2D eigenvalue weighted by atomic mass is 10.2. The molecule has 2 aromatic rings. The molecule has 2 rings (SSSR count). The summed E-state index contributed by atoms with van der Waals surface area (Å²) in [7, 11) is 0. The number of aromatic nitrogens is 1. The first-order valence-corrected chi connectivity index (χ1v) is 4.05. The van der Waals surface area contributed by atoms with Gasteiger partial charge in [0.25, 0.3) is 0 Å². The Balaban J connectivity index is 2.55. The predicted octanol–water partition coefficient (Wildman–Crippen LogP) is 1.94. The zero-order valence-corrected chi connectivity index (χ0v) is 7.20. The van der Waals surface area contributed by atoms with E-state index in [0.29, 0.717) is 23.0 Å². The van der Waals surface area contributed by atoms with Crippen molar-refractivity contribution in [2.75, 3.05) is 5.32 Å². The molecule has 0 aliphatic carbocycles. The Bertz CT molecular complexity index is 485. The van der Waals surface area contributed by atoms with Crippen molar-refractivity contribution in [3.63, 3.8) is 0 Å². The molecule has 0 unspecified atom stereocenters. The zero-order chi connectivity index (χ0) is 9.97. The lowest BCUT2D eigenvalue weighted by Crippen LogP contribution is -1.93.